The third-order valence-electron chi connectivity index (χ3n) is 4.51. The summed E-state index contributed by atoms with van der Waals surface area (Å²) >= 11 is 0. The van der Waals surface area contributed by atoms with Gasteiger partial charge in [0.25, 0.3) is 0 Å². The van der Waals surface area contributed by atoms with Crippen molar-refractivity contribution < 1.29 is 18.0 Å². The van der Waals surface area contributed by atoms with E-state index in [9.17, 15) is 18.0 Å². The SMILES string of the molecule is CC(=O)N[C@H](Cc1c[nH]c2ccccc12)C(=O)NCc1ccc(S(N)(=O)=O)cc1. The van der Waals surface area contributed by atoms with Crippen LogP contribution in [0.3, 0.4) is 0 Å². The van der Waals surface area contributed by atoms with Gasteiger partial charge in [0.15, 0.2) is 0 Å². The maximum atomic E-state index is 12.7. The lowest BCUT2D eigenvalue weighted by atomic mass is 10.0. The summed E-state index contributed by atoms with van der Waals surface area (Å²) in [5.74, 6) is -0.636. The van der Waals surface area contributed by atoms with Gasteiger partial charge in [0.2, 0.25) is 21.8 Å². The highest BCUT2D eigenvalue weighted by Crippen LogP contribution is 2.19. The van der Waals surface area contributed by atoms with Crippen LogP contribution in [0.15, 0.2) is 59.6 Å². The number of sulfonamides is 1. The van der Waals surface area contributed by atoms with Crippen LogP contribution in [0.2, 0.25) is 0 Å². The van der Waals surface area contributed by atoms with Gasteiger partial charge in [-0.1, -0.05) is 30.3 Å². The standard InChI is InChI=1S/C20H22N4O4S/c1-13(25)24-19(10-15-12-22-18-5-3-2-4-17(15)18)20(26)23-11-14-6-8-16(9-7-14)29(21,27)28/h2-9,12,19,22H,10-11H2,1H3,(H,23,26)(H,24,25)(H2,21,27,28)/t19-/m1/s1. The normalized spacial score (nSPS) is 12.5. The maximum Gasteiger partial charge on any atom is 0.243 e. The molecule has 3 rings (SSSR count). The molecule has 0 spiro atoms. The van der Waals surface area contributed by atoms with E-state index in [-0.39, 0.29) is 23.3 Å². The molecule has 0 aliphatic carbocycles. The summed E-state index contributed by atoms with van der Waals surface area (Å²) in [5.41, 5.74) is 2.59. The Kier molecular flexibility index (Phi) is 6.00. The number of primary sulfonamides is 1. The number of nitrogens with one attached hydrogen (secondary N) is 3. The molecule has 152 valence electrons. The minimum absolute atomic E-state index is 0.00281. The summed E-state index contributed by atoms with van der Waals surface area (Å²) in [6.07, 6.45) is 2.17. The lowest BCUT2D eigenvalue weighted by Crippen LogP contribution is -2.47. The maximum absolute atomic E-state index is 12.7. The molecule has 0 fully saturated rings. The minimum Gasteiger partial charge on any atom is -0.361 e. The second kappa shape index (κ2) is 8.46. The number of amides is 2. The third kappa shape index (κ3) is 5.21. The molecule has 0 bridgehead atoms. The van der Waals surface area contributed by atoms with Crippen molar-refractivity contribution in [2.24, 2.45) is 5.14 Å². The molecule has 0 aliphatic rings. The van der Waals surface area contributed by atoms with Crippen LogP contribution in [-0.2, 0) is 32.6 Å². The lowest BCUT2D eigenvalue weighted by molar-refractivity contribution is -0.128. The van der Waals surface area contributed by atoms with Gasteiger partial charge < -0.3 is 15.6 Å². The smallest absolute Gasteiger partial charge is 0.243 e. The van der Waals surface area contributed by atoms with Crippen LogP contribution < -0.4 is 15.8 Å². The summed E-state index contributed by atoms with van der Waals surface area (Å²) in [7, 11) is -3.76. The van der Waals surface area contributed by atoms with Crippen LogP contribution in [0.4, 0.5) is 0 Å². The molecule has 1 heterocycles. The Morgan fingerprint density at radius 2 is 1.79 bits per heavy atom. The lowest BCUT2D eigenvalue weighted by Gasteiger charge is -2.17. The van der Waals surface area contributed by atoms with Gasteiger partial charge in [-0.25, -0.2) is 13.6 Å². The summed E-state index contributed by atoms with van der Waals surface area (Å²) in [5, 5.41) is 11.5. The number of benzene rings is 2. The van der Waals surface area contributed by atoms with Crippen molar-refractivity contribution in [3.8, 4) is 0 Å². The number of carbonyl (C=O) groups is 2. The van der Waals surface area contributed by atoms with Gasteiger partial charge in [0.1, 0.15) is 6.04 Å². The fourth-order valence-electron chi connectivity index (χ4n) is 3.08. The summed E-state index contributed by atoms with van der Waals surface area (Å²) in [4.78, 5) is 27.4. The molecule has 0 unspecified atom stereocenters. The topological polar surface area (TPSA) is 134 Å². The number of para-hydroxylation sites is 1. The zero-order chi connectivity index (χ0) is 21.0. The molecule has 5 N–H and O–H groups in total. The van der Waals surface area contributed by atoms with E-state index >= 15 is 0 Å². The molecule has 29 heavy (non-hydrogen) atoms. The largest absolute Gasteiger partial charge is 0.361 e. The molecule has 3 aromatic rings. The van der Waals surface area contributed by atoms with Crippen molar-refractivity contribution in [1.82, 2.24) is 15.6 Å². The summed E-state index contributed by atoms with van der Waals surface area (Å²) in [6, 6.07) is 12.9. The fraction of sp³-hybridized carbons (Fsp3) is 0.200. The quantitative estimate of drug-likeness (QED) is 0.462. The van der Waals surface area contributed by atoms with Gasteiger partial charge in [-0.2, -0.15) is 0 Å². The number of hydrogen-bond acceptors (Lipinski definition) is 4. The summed E-state index contributed by atoms with van der Waals surface area (Å²) < 4.78 is 22.6. The molecular formula is C20H22N4O4S. The fourth-order valence-corrected chi connectivity index (χ4v) is 3.60. The predicted molar refractivity (Wildman–Crippen MR) is 109 cm³/mol. The van der Waals surface area contributed by atoms with Crippen LogP contribution >= 0.6 is 0 Å². The van der Waals surface area contributed by atoms with E-state index in [1.54, 1.807) is 12.1 Å². The second-order valence-electron chi connectivity index (χ2n) is 6.72. The molecule has 0 saturated heterocycles. The Labute approximate surface area is 168 Å². The van der Waals surface area contributed by atoms with Gasteiger partial charge in [0.05, 0.1) is 4.90 Å². The molecule has 0 radical (unpaired) electrons. The van der Waals surface area contributed by atoms with Crippen molar-refractivity contribution in [3.63, 3.8) is 0 Å². The van der Waals surface area contributed by atoms with E-state index < -0.39 is 16.1 Å². The van der Waals surface area contributed by atoms with Crippen LogP contribution in [0.1, 0.15) is 18.1 Å². The molecule has 0 aliphatic heterocycles. The number of aromatic amines is 1. The second-order valence-corrected chi connectivity index (χ2v) is 8.28. The number of rotatable bonds is 7. The van der Waals surface area contributed by atoms with Crippen LogP contribution in [0, 0.1) is 0 Å². The van der Waals surface area contributed by atoms with E-state index in [1.165, 1.54) is 19.1 Å². The Hall–Kier alpha value is -3.17. The van der Waals surface area contributed by atoms with E-state index in [2.05, 4.69) is 15.6 Å². The Morgan fingerprint density at radius 1 is 1.10 bits per heavy atom. The Balaban J connectivity index is 1.70. The Bertz CT molecular complexity index is 1140. The molecule has 8 nitrogen and oxygen atoms in total. The predicted octanol–water partition coefficient (Wildman–Crippen LogP) is 1.18. The highest BCUT2D eigenvalue weighted by molar-refractivity contribution is 7.89. The van der Waals surface area contributed by atoms with E-state index in [0.717, 1.165) is 16.5 Å². The highest BCUT2D eigenvalue weighted by Gasteiger charge is 2.21. The van der Waals surface area contributed by atoms with Crippen LogP contribution in [-0.4, -0.2) is 31.3 Å². The molecular weight excluding hydrogens is 392 g/mol. The Morgan fingerprint density at radius 3 is 2.45 bits per heavy atom. The third-order valence-corrected chi connectivity index (χ3v) is 5.44. The summed E-state index contributed by atoms with van der Waals surface area (Å²) in [6.45, 7) is 1.55. The average Bonchev–Trinajstić information content (AvgIpc) is 3.08. The first-order chi connectivity index (χ1) is 13.7. The van der Waals surface area contributed by atoms with Gasteiger partial charge >= 0.3 is 0 Å². The van der Waals surface area contributed by atoms with E-state index in [1.807, 2.05) is 30.5 Å². The van der Waals surface area contributed by atoms with E-state index in [4.69, 9.17) is 5.14 Å². The zero-order valence-corrected chi connectivity index (χ0v) is 16.6. The van der Waals surface area contributed by atoms with Gasteiger partial charge in [-0.05, 0) is 29.3 Å². The highest BCUT2D eigenvalue weighted by atomic mass is 32.2. The number of H-pyrrole nitrogens is 1. The zero-order valence-electron chi connectivity index (χ0n) is 15.8. The van der Waals surface area contributed by atoms with Gasteiger partial charge in [-0.15, -0.1) is 0 Å². The van der Waals surface area contributed by atoms with Crippen molar-refractivity contribution >= 4 is 32.7 Å². The molecule has 1 atom stereocenters. The molecule has 9 heteroatoms. The van der Waals surface area contributed by atoms with E-state index in [0.29, 0.717) is 12.0 Å². The monoisotopic (exact) mass is 414 g/mol. The van der Waals surface area contributed by atoms with Gasteiger partial charge in [-0.3, -0.25) is 9.59 Å². The van der Waals surface area contributed by atoms with Crippen LogP contribution in [0.5, 0.6) is 0 Å². The number of fused-ring (bicyclic) bond motifs is 1. The first-order valence-corrected chi connectivity index (χ1v) is 10.5. The number of hydrogen-bond donors (Lipinski definition) is 4. The molecule has 1 aromatic heterocycles. The molecule has 0 saturated carbocycles. The van der Waals surface area contributed by atoms with Crippen molar-refractivity contribution in [2.75, 3.05) is 0 Å². The van der Waals surface area contributed by atoms with Crippen molar-refractivity contribution in [2.45, 2.75) is 30.8 Å². The number of aromatic nitrogens is 1. The minimum atomic E-state index is -3.76. The van der Waals surface area contributed by atoms with Crippen molar-refractivity contribution in [3.05, 3.63) is 65.9 Å². The average molecular weight is 414 g/mol. The first-order valence-electron chi connectivity index (χ1n) is 8.95. The molecule has 2 aromatic carbocycles. The van der Waals surface area contributed by atoms with Crippen molar-refractivity contribution in [1.29, 1.82) is 0 Å². The van der Waals surface area contributed by atoms with Crippen LogP contribution in [0.25, 0.3) is 10.9 Å². The molecule has 2 amide bonds. The number of carbonyl (C=O) groups excluding carboxylic acids is 2. The van der Waals surface area contributed by atoms with Gasteiger partial charge in [0, 0.05) is 37.0 Å². The first kappa shape index (κ1) is 20.6. The number of nitrogens with two attached hydrogens (primary N) is 1.